The first-order valence-corrected chi connectivity index (χ1v) is 2.74. The van der Waals surface area contributed by atoms with E-state index in [0.29, 0.717) is 6.07 Å². The van der Waals surface area contributed by atoms with Crippen molar-refractivity contribution >= 4 is 5.69 Å². The fourth-order valence-corrected chi connectivity index (χ4v) is 0.611. The molecular weight excluding hydrogens is 152 g/mol. The van der Waals surface area contributed by atoms with Gasteiger partial charge in [-0.15, -0.1) is 0 Å². The molecule has 0 bridgehead atoms. The second-order valence-electron chi connectivity index (χ2n) is 1.79. The second-order valence-corrected chi connectivity index (χ2v) is 1.79. The standard InChI is InChI=1S/C6H3F2N3/c7-4-1-2-6(10-11-9)5(8)3-4/h1-3H. The molecule has 0 amide bonds. The van der Waals surface area contributed by atoms with Gasteiger partial charge in [0.1, 0.15) is 11.6 Å². The van der Waals surface area contributed by atoms with Gasteiger partial charge in [-0.3, -0.25) is 0 Å². The summed E-state index contributed by atoms with van der Waals surface area (Å²) in [5.41, 5.74) is 7.71. The highest BCUT2D eigenvalue weighted by atomic mass is 19.1. The highest BCUT2D eigenvalue weighted by Gasteiger charge is 1.99. The maximum atomic E-state index is 12.5. The molecule has 0 saturated heterocycles. The Morgan fingerprint density at radius 1 is 1.36 bits per heavy atom. The van der Waals surface area contributed by atoms with E-state index in [0.717, 1.165) is 12.1 Å². The molecule has 1 rings (SSSR count). The number of nitrogens with zero attached hydrogens (tertiary/aromatic N) is 3. The van der Waals surface area contributed by atoms with Gasteiger partial charge in [-0.1, -0.05) is 5.11 Å². The number of hydrogen-bond acceptors (Lipinski definition) is 1. The molecule has 5 heteroatoms. The van der Waals surface area contributed by atoms with Crippen LogP contribution in [0.1, 0.15) is 0 Å². The van der Waals surface area contributed by atoms with Crippen LogP contribution in [0.2, 0.25) is 0 Å². The molecule has 56 valence electrons. The van der Waals surface area contributed by atoms with Crippen molar-refractivity contribution in [1.82, 2.24) is 0 Å². The van der Waals surface area contributed by atoms with E-state index >= 15 is 0 Å². The Morgan fingerprint density at radius 3 is 2.64 bits per heavy atom. The summed E-state index contributed by atoms with van der Waals surface area (Å²) >= 11 is 0. The van der Waals surface area contributed by atoms with Crippen LogP contribution >= 0.6 is 0 Å². The molecule has 3 nitrogen and oxygen atoms in total. The first kappa shape index (κ1) is 7.50. The van der Waals surface area contributed by atoms with Crippen molar-refractivity contribution in [3.63, 3.8) is 0 Å². The molecule has 0 fully saturated rings. The number of hydrogen-bond donors (Lipinski definition) is 0. The monoisotopic (exact) mass is 155 g/mol. The van der Waals surface area contributed by atoms with Crippen LogP contribution in [0.15, 0.2) is 23.3 Å². The van der Waals surface area contributed by atoms with Gasteiger partial charge in [0.25, 0.3) is 0 Å². The Labute approximate surface area is 60.9 Å². The van der Waals surface area contributed by atoms with Gasteiger partial charge in [-0.25, -0.2) is 8.78 Å². The van der Waals surface area contributed by atoms with Crippen LogP contribution < -0.4 is 0 Å². The Kier molecular flexibility index (Phi) is 2.03. The fourth-order valence-electron chi connectivity index (χ4n) is 0.611. The van der Waals surface area contributed by atoms with Gasteiger partial charge in [-0.05, 0) is 17.7 Å². The van der Waals surface area contributed by atoms with Gasteiger partial charge < -0.3 is 0 Å². The van der Waals surface area contributed by atoms with Crippen LogP contribution in [0, 0.1) is 11.6 Å². The van der Waals surface area contributed by atoms with Crippen LogP contribution in [0.3, 0.4) is 0 Å². The lowest BCUT2D eigenvalue weighted by molar-refractivity contribution is 0.584. The summed E-state index contributed by atoms with van der Waals surface area (Å²) in [6, 6.07) is 2.75. The molecule has 0 N–H and O–H groups in total. The van der Waals surface area contributed by atoms with Crippen molar-refractivity contribution in [3.8, 4) is 0 Å². The lowest BCUT2D eigenvalue weighted by Gasteiger charge is -1.92. The molecule has 0 aromatic heterocycles. The van der Waals surface area contributed by atoms with Crippen LogP contribution in [0.4, 0.5) is 14.5 Å². The summed E-state index contributed by atoms with van der Waals surface area (Å²) in [7, 11) is 0. The van der Waals surface area contributed by atoms with Crippen LogP contribution in [0.5, 0.6) is 0 Å². The summed E-state index contributed by atoms with van der Waals surface area (Å²) in [4.78, 5) is 2.36. The van der Waals surface area contributed by atoms with E-state index in [1.165, 1.54) is 0 Å². The molecule has 1 aromatic rings. The third-order valence-electron chi connectivity index (χ3n) is 1.06. The van der Waals surface area contributed by atoms with Crippen molar-refractivity contribution in [3.05, 3.63) is 40.3 Å². The third-order valence-corrected chi connectivity index (χ3v) is 1.06. The minimum absolute atomic E-state index is 0.200. The zero-order chi connectivity index (χ0) is 8.27. The normalized spacial score (nSPS) is 8.91. The number of azide groups is 1. The van der Waals surface area contributed by atoms with E-state index in [9.17, 15) is 8.78 Å². The molecule has 0 aliphatic rings. The van der Waals surface area contributed by atoms with Crippen molar-refractivity contribution in [2.24, 2.45) is 5.11 Å². The minimum Gasteiger partial charge on any atom is -0.207 e. The number of halogens is 2. The Bertz CT molecular complexity index is 318. The van der Waals surface area contributed by atoms with Crippen molar-refractivity contribution in [1.29, 1.82) is 0 Å². The largest absolute Gasteiger partial charge is 0.207 e. The smallest absolute Gasteiger partial charge is 0.135 e. The van der Waals surface area contributed by atoms with Gasteiger partial charge >= 0.3 is 0 Å². The average molecular weight is 155 g/mol. The van der Waals surface area contributed by atoms with E-state index in [-0.39, 0.29) is 5.69 Å². The Morgan fingerprint density at radius 2 is 2.09 bits per heavy atom. The van der Waals surface area contributed by atoms with Gasteiger partial charge in [0.05, 0.1) is 5.69 Å². The molecule has 0 heterocycles. The maximum Gasteiger partial charge on any atom is 0.135 e. The number of rotatable bonds is 1. The molecule has 0 aliphatic carbocycles. The Balaban J connectivity index is 3.19. The van der Waals surface area contributed by atoms with Gasteiger partial charge in [-0.2, -0.15) is 0 Å². The fraction of sp³-hybridized carbons (Fsp3) is 0. The molecule has 0 aliphatic heterocycles. The average Bonchev–Trinajstić information content (AvgIpc) is 1.95. The summed E-state index contributed by atoms with van der Waals surface area (Å²) in [6.07, 6.45) is 0. The lowest BCUT2D eigenvalue weighted by atomic mass is 10.3. The molecular formula is C6H3F2N3. The quantitative estimate of drug-likeness (QED) is 0.340. The van der Waals surface area contributed by atoms with Crippen LogP contribution in [-0.4, -0.2) is 0 Å². The molecule has 0 radical (unpaired) electrons. The molecule has 0 atom stereocenters. The summed E-state index contributed by atoms with van der Waals surface area (Å²) in [5, 5.41) is 2.99. The van der Waals surface area contributed by atoms with Crippen molar-refractivity contribution < 1.29 is 8.78 Å². The predicted molar refractivity (Wildman–Crippen MR) is 35.2 cm³/mol. The second kappa shape index (κ2) is 2.98. The predicted octanol–water partition coefficient (Wildman–Crippen LogP) is 2.91. The third kappa shape index (κ3) is 1.65. The zero-order valence-electron chi connectivity index (χ0n) is 5.33. The highest BCUT2D eigenvalue weighted by Crippen LogP contribution is 2.17. The van der Waals surface area contributed by atoms with Crippen molar-refractivity contribution in [2.45, 2.75) is 0 Å². The molecule has 0 saturated carbocycles. The first-order chi connectivity index (χ1) is 5.24. The SMILES string of the molecule is [N-]=[N+]=Nc1ccc(F)cc1F. The molecule has 11 heavy (non-hydrogen) atoms. The minimum atomic E-state index is -0.859. The Hall–Kier alpha value is -1.61. The van der Waals surface area contributed by atoms with E-state index in [1.54, 1.807) is 0 Å². The van der Waals surface area contributed by atoms with Crippen LogP contribution in [-0.2, 0) is 0 Å². The summed E-state index contributed by atoms with van der Waals surface area (Å²) < 4.78 is 24.7. The van der Waals surface area contributed by atoms with E-state index in [1.807, 2.05) is 0 Å². The van der Waals surface area contributed by atoms with E-state index in [4.69, 9.17) is 5.53 Å². The molecule has 1 aromatic carbocycles. The maximum absolute atomic E-state index is 12.5. The van der Waals surface area contributed by atoms with Gasteiger partial charge in [0.2, 0.25) is 0 Å². The molecule has 0 unspecified atom stereocenters. The first-order valence-electron chi connectivity index (χ1n) is 2.74. The number of benzene rings is 1. The lowest BCUT2D eigenvalue weighted by Crippen LogP contribution is -1.77. The van der Waals surface area contributed by atoms with Crippen molar-refractivity contribution in [2.75, 3.05) is 0 Å². The zero-order valence-corrected chi connectivity index (χ0v) is 5.33. The van der Waals surface area contributed by atoms with Gasteiger partial charge in [0, 0.05) is 11.0 Å². The van der Waals surface area contributed by atoms with E-state index < -0.39 is 11.6 Å². The highest BCUT2D eigenvalue weighted by molar-refractivity contribution is 5.37. The van der Waals surface area contributed by atoms with Crippen LogP contribution in [0.25, 0.3) is 10.4 Å². The topological polar surface area (TPSA) is 48.8 Å². The summed E-state index contributed by atoms with van der Waals surface area (Å²) in [6.45, 7) is 0. The van der Waals surface area contributed by atoms with Gasteiger partial charge in [0.15, 0.2) is 0 Å². The van der Waals surface area contributed by atoms with E-state index in [2.05, 4.69) is 10.0 Å². The summed E-state index contributed by atoms with van der Waals surface area (Å²) in [5.74, 6) is -1.55. The molecule has 0 spiro atoms.